The monoisotopic (exact) mass is 450 g/mol. The van der Waals surface area contributed by atoms with Crippen LogP contribution in [-0.2, 0) is 5.60 Å². The lowest BCUT2D eigenvalue weighted by atomic mass is 9.71. The fraction of sp³-hybridized carbons (Fsp3) is 0.192. The standard InChI is InChI=1S/C26H21ClF2N2O/c1-31(2)12-11-26(32)17-9-6-10-20-23(17)24(22-18(26)13-16(28)14-19(22)29)21(25(27)30-20)15-7-4-3-5-8-15/h3-10,13-14,32H,11-12H2,1-2H3. The molecule has 0 fully saturated rings. The van der Waals surface area contributed by atoms with E-state index < -0.39 is 17.2 Å². The van der Waals surface area contributed by atoms with Crippen LogP contribution in [0.1, 0.15) is 17.5 Å². The Morgan fingerprint density at radius 2 is 1.69 bits per heavy atom. The molecule has 0 saturated carbocycles. The Bertz CT molecular complexity index is 1360. The molecule has 1 unspecified atom stereocenters. The molecule has 3 nitrogen and oxygen atoms in total. The van der Waals surface area contributed by atoms with Gasteiger partial charge >= 0.3 is 0 Å². The topological polar surface area (TPSA) is 36.4 Å². The van der Waals surface area contributed by atoms with Gasteiger partial charge in [0.05, 0.1) is 5.52 Å². The van der Waals surface area contributed by atoms with Crippen molar-refractivity contribution in [3.05, 3.63) is 88.6 Å². The third-order valence-electron chi connectivity index (χ3n) is 6.15. The Labute approximate surface area is 189 Å². The molecule has 3 aromatic carbocycles. The van der Waals surface area contributed by atoms with Crippen molar-refractivity contribution in [2.45, 2.75) is 12.0 Å². The summed E-state index contributed by atoms with van der Waals surface area (Å²) in [5.41, 5.74) is 1.78. The second-order valence-electron chi connectivity index (χ2n) is 8.44. The fourth-order valence-corrected chi connectivity index (χ4v) is 5.00. The minimum absolute atomic E-state index is 0.166. The molecule has 6 heteroatoms. The highest BCUT2D eigenvalue weighted by atomic mass is 35.5. The number of aliphatic hydroxyl groups is 1. The van der Waals surface area contributed by atoms with Gasteiger partial charge in [-0.3, -0.25) is 0 Å². The molecule has 1 atom stereocenters. The normalized spacial score (nSPS) is 17.1. The van der Waals surface area contributed by atoms with Gasteiger partial charge in [0.25, 0.3) is 0 Å². The Hall–Kier alpha value is -2.86. The van der Waals surface area contributed by atoms with Crippen LogP contribution in [-0.4, -0.2) is 35.6 Å². The van der Waals surface area contributed by atoms with Crippen molar-refractivity contribution >= 4 is 22.5 Å². The maximum absolute atomic E-state index is 15.5. The third-order valence-corrected chi connectivity index (χ3v) is 6.42. The Kier molecular flexibility index (Phi) is 5.01. The molecule has 0 aliphatic heterocycles. The van der Waals surface area contributed by atoms with Crippen LogP contribution in [0.25, 0.3) is 33.2 Å². The van der Waals surface area contributed by atoms with Crippen LogP contribution >= 0.6 is 11.6 Å². The van der Waals surface area contributed by atoms with Crippen LogP contribution in [0.15, 0.2) is 60.7 Å². The lowest BCUT2D eigenvalue weighted by Crippen LogP contribution is -2.35. The van der Waals surface area contributed by atoms with E-state index in [1.165, 1.54) is 6.07 Å². The largest absolute Gasteiger partial charge is 0.380 e. The molecule has 1 heterocycles. The first-order chi connectivity index (χ1) is 15.3. The van der Waals surface area contributed by atoms with Gasteiger partial charge in [0, 0.05) is 40.3 Å². The molecule has 0 spiro atoms. The SMILES string of the molecule is CN(C)CCC1(O)c2cc(F)cc(F)c2-c2c(-c3ccccc3)c(Cl)nc3cccc1c23. The van der Waals surface area contributed by atoms with Crippen molar-refractivity contribution in [1.29, 1.82) is 0 Å². The summed E-state index contributed by atoms with van der Waals surface area (Å²) in [7, 11) is 3.78. The second-order valence-corrected chi connectivity index (χ2v) is 8.80. The lowest BCUT2D eigenvalue weighted by Gasteiger charge is -2.38. The van der Waals surface area contributed by atoms with Crippen molar-refractivity contribution < 1.29 is 13.9 Å². The number of pyridine rings is 1. The van der Waals surface area contributed by atoms with Gasteiger partial charge in [0.15, 0.2) is 0 Å². The summed E-state index contributed by atoms with van der Waals surface area (Å²) in [5.74, 6) is -1.47. The summed E-state index contributed by atoms with van der Waals surface area (Å²) in [4.78, 5) is 6.51. The van der Waals surface area contributed by atoms with E-state index in [0.717, 1.165) is 11.6 Å². The van der Waals surface area contributed by atoms with Crippen LogP contribution in [0.4, 0.5) is 8.78 Å². The third kappa shape index (κ3) is 3.12. The molecular formula is C26H21ClF2N2O. The van der Waals surface area contributed by atoms with Crippen molar-refractivity contribution in [2.75, 3.05) is 20.6 Å². The second kappa shape index (κ2) is 7.62. The lowest BCUT2D eigenvalue weighted by molar-refractivity contribution is 0.0636. The van der Waals surface area contributed by atoms with Crippen LogP contribution in [0.2, 0.25) is 5.15 Å². The molecule has 5 rings (SSSR count). The number of rotatable bonds is 4. The molecular weight excluding hydrogens is 430 g/mol. The van der Waals surface area contributed by atoms with E-state index in [1.807, 2.05) is 49.3 Å². The van der Waals surface area contributed by atoms with Gasteiger partial charge in [0.1, 0.15) is 22.4 Å². The number of aromatic nitrogens is 1. The highest BCUT2D eigenvalue weighted by Crippen LogP contribution is 2.53. The molecule has 0 saturated heterocycles. The summed E-state index contributed by atoms with van der Waals surface area (Å²) < 4.78 is 30.0. The zero-order valence-corrected chi connectivity index (χ0v) is 18.4. The first-order valence-corrected chi connectivity index (χ1v) is 10.7. The highest BCUT2D eigenvalue weighted by molar-refractivity contribution is 6.34. The molecule has 162 valence electrons. The Morgan fingerprint density at radius 1 is 0.938 bits per heavy atom. The number of nitrogens with zero attached hydrogens (tertiary/aromatic N) is 2. The first-order valence-electron chi connectivity index (χ1n) is 10.4. The fourth-order valence-electron chi connectivity index (χ4n) is 4.70. The number of hydrogen-bond acceptors (Lipinski definition) is 3. The Morgan fingerprint density at radius 3 is 2.41 bits per heavy atom. The van der Waals surface area contributed by atoms with Crippen molar-refractivity contribution in [2.24, 2.45) is 0 Å². The molecule has 0 bridgehead atoms. The van der Waals surface area contributed by atoms with Gasteiger partial charge in [-0.2, -0.15) is 0 Å². The van der Waals surface area contributed by atoms with E-state index >= 15 is 4.39 Å². The summed E-state index contributed by atoms with van der Waals surface area (Å²) >= 11 is 6.65. The Balaban J connectivity index is 1.97. The zero-order chi connectivity index (χ0) is 22.6. The predicted octanol–water partition coefficient (Wildman–Crippen LogP) is 6.00. The molecule has 4 aromatic rings. The minimum Gasteiger partial charge on any atom is -0.380 e. The zero-order valence-electron chi connectivity index (χ0n) is 17.7. The van der Waals surface area contributed by atoms with Crippen molar-refractivity contribution in [3.63, 3.8) is 0 Å². The average Bonchev–Trinajstić information content (AvgIpc) is 2.76. The van der Waals surface area contributed by atoms with Gasteiger partial charge in [-0.15, -0.1) is 0 Å². The van der Waals surface area contributed by atoms with Gasteiger partial charge in [-0.25, -0.2) is 13.8 Å². The van der Waals surface area contributed by atoms with Gasteiger partial charge in [-0.05, 0) is 43.8 Å². The smallest absolute Gasteiger partial charge is 0.138 e. The van der Waals surface area contributed by atoms with Crippen LogP contribution in [0, 0.1) is 11.6 Å². The molecule has 1 aromatic heterocycles. The maximum Gasteiger partial charge on any atom is 0.138 e. The first kappa shape index (κ1) is 21.0. The number of benzene rings is 3. The van der Waals surface area contributed by atoms with E-state index in [0.29, 0.717) is 34.1 Å². The quantitative estimate of drug-likeness (QED) is 0.387. The summed E-state index contributed by atoms with van der Waals surface area (Å²) in [5, 5.41) is 12.9. The van der Waals surface area contributed by atoms with Gasteiger partial charge in [-0.1, -0.05) is 54.1 Å². The molecule has 1 N–H and O–H groups in total. The number of fused-ring (bicyclic) bond motifs is 2. The van der Waals surface area contributed by atoms with Crippen molar-refractivity contribution in [3.8, 4) is 22.3 Å². The van der Waals surface area contributed by atoms with Gasteiger partial charge in [0.2, 0.25) is 0 Å². The van der Waals surface area contributed by atoms with E-state index in [2.05, 4.69) is 4.98 Å². The summed E-state index contributed by atoms with van der Waals surface area (Å²) in [6.07, 6.45) is 0.262. The van der Waals surface area contributed by atoms with E-state index in [9.17, 15) is 9.50 Å². The molecule has 1 aliphatic rings. The van der Waals surface area contributed by atoms with E-state index in [4.69, 9.17) is 11.6 Å². The number of halogens is 3. The maximum atomic E-state index is 15.5. The van der Waals surface area contributed by atoms with Crippen LogP contribution in [0.5, 0.6) is 0 Å². The van der Waals surface area contributed by atoms with Crippen molar-refractivity contribution in [1.82, 2.24) is 9.88 Å². The predicted molar refractivity (Wildman–Crippen MR) is 124 cm³/mol. The van der Waals surface area contributed by atoms with Crippen LogP contribution in [0.3, 0.4) is 0 Å². The average molecular weight is 451 g/mol. The number of hydrogen-bond donors (Lipinski definition) is 1. The minimum atomic E-state index is -1.58. The van der Waals surface area contributed by atoms with Crippen LogP contribution < -0.4 is 0 Å². The summed E-state index contributed by atoms with van der Waals surface area (Å²) in [6.45, 7) is 0.520. The van der Waals surface area contributed by atoms with E-state index in [-0.39, 0.29) is 22.7 Å². The molecule has 0 radical (unpaired) electrons. The molecule has 32 heavy (non-hydrogen) atoms. The molecule has 1 aliphatic carbocycles. The summed E-state index contributed by atoms with van der Waals surface area (Å²) in [6, 6.07) is 16.8. The molecule has 0 amide bonds. The van der Waals surface area contributed by atoms with E-state index in [1.54, 1.807) is 18.2 Å². The van der Waals surface area contributed by atoms with Gasteiger partial charge < -0.3 is 10.0 Å². The highest BCUT2D eigenvalue weighted by Gasteiger charge is 2.42.